The molecule has 6 nitrogen and oxygen atoms in total. The van der Waals surface area contributed by atoms with Crippen LogP contribution in [0.5, 0.6) is 0 Å². The molecule has 6 heteroatoms. The molecular weight excluding hydrogens is 232 g/mol. The van der Waals surface area contributed by atoms with Crippen LogP contribution >= 0.6 is 0 Å². The zero-order valence-electron chi connectivity index (χ0n) is 11.2. The third kappa shape index (κ3) is 7.81. The fraction of sp³-hybridized carbons (Fsp3) is 0.667. The predicted molar refractivity (Wildman–Crippen MR) is 69.8 cm³/mol. The molecule has 5 N–H and O–H groups in total. The van der Waals surface area contributed by atoms with Crippen molar-refractivity contribution >= 4 is 5.97 Å². The summed E-state index contributed by atoms with van der Waals surface area (Å²) >= 11 is 0. The predicted octanol–water partition coefficient (Wildman–Crippen LogP) is -0.140. The van der Waals surface area contributed by atoms with Gasteiger partial charge in [-0.15, -0.1) is 0 Å². The summed E-state index contributed by atoms with van der Waals surface area (Å²) < 4.78 is 4.16. The number of unbranched alkanes of at least 4 members (excludes halogenated alkanes) is 1. The highest BCUT2D eigenvalue weighted by Gasteiger charge is 2.09. The van der Waals surface area contributed by atoms with Crippen LogP contribution in [0.3, 0.4) is 0 Å². The van der Waals surface area contributed by atoms with Crippen LogP contribution < -0.4 is 16.0 Å². The first kappa shape index (κ1) is 16.6. The minimum Gasteiger partial charge on any atom is -0.480 e. The van der Waals surface area contributed by atoms with Crippen molar-refractivity contribution < 1.29 is 14.5 Å². The Bertz CT molecular complexity index is 339. The number of carboxylic acids is 1. The molecule has 1 rings (SSSR count). The van der Waals surface area contributed by atoms with Crippen molar-refractivity contribution in [3.05, 3.63) is 18.7 Å². The molecule has 0 fully saturated rings. The van der Waals surface area contributed by atoms with Gasteiger partial charge in [0, 0.05) is 0 Å². The van der Waals surface area contributed by atoms with E-state index in [1.165, 1.54) is 0 Å². The van der Waals surface area contributed by atoms with Crippen LogP contribution in [-0.2, 0) is 18.4 Å². The first-order valence-corrected chi connectivity index (χ1v) is 6.20. The molecule has 0 saturated heterocycles. The number of aromatic nitrogens is 2. The van der Waals surface area contributed by atoms with Gasteiger partial charge in [0.15, 0.2) is 0 Å². The minimum absolute atomic E-state index is 0.520. The Balaban J connectivity index is 0.000000327. The lowest BCUT2D eigenvalue weighted by atomic mass is 10.1. The molecule has 0 bridgehead atoms. The highest BCUT2D eigenvalue weighted by molar-refractivity contribution is 5.72. The fourth-order valence-corrected chi connectivity index (χ4v) is 1.32. The molecular formula is C12H25N4O2+. The molecule has 0 aromatic carbocycles. The zero-order valence-corrected chi connectivity index (χ0v) is 11.2. The van der Waals surface area contributed by atoms with Crippen molar-refractivity contribution in [2.45, 2.75) is 38.8 Å². The molecule has 104 valence electrons. The van der Waals surface area contributed by atoms with Gasteiger partial charge in [0.2, 0.25) is 6.33 Å². The minimum atomic E-state index is -0.933. The Morgan fingerprint density at radius 1 is 1.50 bits per heavy atom. The second kappa shape index (κ2) is 9.61. The zero-order chi connectivity index (χ0) is 14.0. The second-order valence-corrected chi connectivity index (χ2v) is 4.14. The standard InChI is InChI=1S/C6H14N2O2.C6H11N2/c7-4-2-1-3-5(8)6(9)10;1-3-8-5-4-7(2)6-8/h5H,1-4,7-8H2,(H,9,10);4-6H,3H2,1-2H3/q;+1. The quantitative estimate of drug-likeness (QED) is 0.488. The molecule has 0 aliphatic carbocycles. The van der Waals surface area contributed by atoms with Gasteiger partial charge in [-0.05, 0) is 26.3 Å². The van der Waals surface area contributed by atoms with Crippen LogP contribution in [0, 0.1) is 0 Å². The second-order valence-electron chi connectivity index (χ2n) is 4.14. The number of aliphatic carboxylic acids is 1. The van der Waals surface area contributed by atoms with Crippen molar-refractivity contribution in [3.8, 4) is 0 Å². The van der Waals surface area contributed by atoms with Gasteiger partial charge in [0.05, 0.1) is 13.6 Å². The Hall–Kier alpha value is -1.40. The van der Waals surface area contributed by atoms with Gasteiger partial charge in [0.1, 0.15) is 18.4 Å². The molecule has 1 atom stereocenters. The molecule has 0 aliphatic rings. The Kier molecular flexibility index (Phi) is 8.86. The van der Waals surface area contributed by atoms with Crippen molar-refractivity contribution in [2.75, 3.05) is 6.54 Å². The average Bonchev–Trinajstić information content (AvgIpc) is 2.76. The molecule has 0 amide bonds. The normalized spacial score (nSPS) is 11.6. The number of nitrogens with two attached hydrogens (primary N) is 2. The number of carboxylic acid groups (broad SMARTS) is 1. The van der Waals surface area contributed by atoms with Crippen molar-refractivity contribution in [1.29, 1.82) is 0 Å². The van der Waals surface area contributed by atoms with Crippen molar-refractivity contribution in [1.82, 2.24) is 4.57 Å². The molecule has 18 heavy (non-hydrogen) atoms. The van der Waals surface area contributed by atoms with Crippen LogP contribution in [0.4, 0.5) is 0 Å². The average molecular weight is 257 g/mol. The lowest BCUT2D eigenvalue weighted by Crippen LogP contribution is -2.29. The number of rotatable bonds is 6. The summed E-state index contributed by atoms with van der Waals surface area (Å²) in [5.74, 6) is -0.933. The Morgan fingerprint density at radius 2 is 2.17 bits per heavy atom. The molecule has 0 saturated carbocycles. The largest absolute Gasteiger partial charge is 0.480 e. The van der Waals surface area contributed by atoms with Crippen molar-refractivity contribution in [3.63, 3.8) is 0 Å². The molecule has 1 aromatic rings. The van der Waals surface area contributed by atoms with E-state index in [2.05, 4.69) is 24.0 Å². The van der Waals surface area contributed by atoms with E-state index in [1.807, 2.05) is 17.8 Å². The lowest BCUT2D eigenvalue weighted by molar-refractivity contribution is -0.693. The number of carbonyl (C=O) groups is 1. The van der Waals surface area contributed by atoms with Crippen LogP contribution in [-0.4, -0.2) is 28.2 Å². The van der Waals surface area contributed by atoms with Crippen LogP contribution in [0.15, 0.2) is 18.7 Å². The monoisotopic (exact) mass is 257 g/mol. The van der Waals surface area contributed by atoms with Crippen LogP contribution in [0.2, 0.25) is 0 Å². The highest BCUT2D eigenvalue weighted by atomic mass is 16.4. The van der Waals surface area contributed by atoms with Gasteiger partial charge in [-0.25, -0.2) is 9.13 Å². The van der Waals surface area contributed by atoms with E-state index in [-0.39, 0.29) is 0 Å². The third-order valence-electron chi connectivity index (χ3n) is 2.48. The van der Waals surface area contributed by atoms with Gasteiger partial charge in [-0.2, -0.15) is 0 Å². The maximum Gasteiger partial charge on any atom is 0.320 e. The molecule has 1 aromatic heterocycles. The number of aryl methyl sites for hydroxylation is 2. The summed E-state index contributed by atoms with van der Waals surface area (Å²) in [4.78, 5) is 10.1. The SMILES string of the molecule is CC[n+]1ccn(C)c1.NCCCCC(N)C(=O)O. The highest BCUT2D eigenvalue weighted by Crippen LogP contribution is 1.96. The van der Waals surface area contributed by atoms with Crippen LogP contribution in [0.1, 0.15) is 26.2 Å². The van der Waals surface area contributed by atoms with E-state index >= 15 is 0 Å². The van der Waals surface area contributed by atoms with Gasteiger partial charge in [-0.1, -0.05) is 6.42 Å². The summed E-state index contributed by atoms with van der Waals surface area (Å²) in [6.45, 7) is 3.78. The van der Waals surface area contributed by atoms with Gasteiger partial charge < -0.3 is 16.6 Å². The fourth-order valence-electron chi connectivity index (χ4n) is 1.32. The molecule has 1 heterocycles. The van der Waals surface area contributed by atoms with Gasteiger partial charge >= 0.3 is 5.97 Å². The molecule has 0 aliphatic heterocycles. The van der Waals surface area contributed by atoms with E-state index in [4.69, 9.17) is 16.6 Å². The first-order chi connectivity index (χ1) is 8.51. The number of nitrogens with zero attached hydrogens (tertiary/aromatic N) is 2. The molecule has 1 unspecified atom stereocenters. The van der Waals surface area contributed by atoms with E-state index < -0.39 is 12.0 Å². The Labute approximate surface area is 108 Å². The summed E-state index contributed by atoms with van der Waals surface area (Å²) in [5.41, 5.74) is 10.4. The van der Waals surface area contributed by atoms with E-state index in [0.717, 1.165) is 19.4 Å². The number of hydrogen-bond donors (Lipinski definition) is 3. The molecule has 0 spiro atoms. The first-order valence-electron chi connectivity index (χ1n) is 6.20. The summed E-state index contributed by atoms with van der Waals surface area (Å²) in [5, 5.41) is 8.33. The topological polar surface area (TPSA) is 98.1 Å². The van der Waals surface area contributed by atoms with Gasteiger partial charge in [-0.3, -0.25) is 4.79 Å². The van der Waals surface area contributed by atoms with Crippen LogP contribution in [0.25, 0.3) is 0 Å². The summed E-state index contributed by atoms with van der Waals surface area (Å²) in [6.07, 6.45) is 8.31. The van der Waals surface area contributed by atoms with E-state index in [9.17, 15) is 4.79 Å². The van der Waals surface area contributed by atoms with Crippen molar-refractivity contribution in [2.24, 2.45) is 18.5 Å². The lowest BCUT2D eigenvalue weighted by Gasteiger charge is -2.03. The number of imidazole rings is 1. The maximum atomic E-state index is 10.1. The summed E-state index contributed by atoms with van der Waals surface area (Å²) in [7, 11) is 2.02. The smallest absolute Gasteiger partial charge is 0.320 e. The summed E-state index contributed by atoms with van der Waals surface area (Å²) in [6, 6.07) is -0.716. The maximum absolute atomic E-state index is 10.1. The van der Waals surface area contributed by atoms with E-state index in [0.29, 0.717) is 13.0 Å². The molecule has 0 radical (unpaired) electrons. The van der Waals surface area contributed by atoms with E-state index in [1.54, 1.807) is 0 Å². The van der Waals surface area contributed by atoms with Gasteiger partial charge in [0.25, 0.3) is 0 Å². The number of hydrogen-bond acceptors (Lipinski definition) is 3. The third-order valence-corrected chi connectivity index (χ3v) is 2.48. The Morgan fingerprint density at radius 3 is 2.50 bits per heavy atom.